The Kier molecular flexibility index (Phi) is 4.58. The number of halogens is 6. The van der Waals surface area contributed by atoms with Crippen molar-refractivity contribution in [1.29, 1.82) is 0 Å². The van der Waals surface area contributed by atoms with E-state index >= 15 is 0 Å². The number of carbonyl (C=O) groups is 1. The van der Waals surface area contributed by atoms with Crippen molar-refractivity contribution in [2.24, 2.45) is 0 Å². The van der Waals surface area contributed by atoms with E-state index in [4.69, 9.17) is 5.11 Å². The molecule has 17 heavy (non-hydrogen) atoms. The van der Waals surface area contributed by atoms with E-state index < -0.39 is 37.0 Å². The summed E-state index contributed by atoms with van der Waals surface area (Å²) in [5.74, 6) is -1.94. The summed E-state index contributed by atoms with van der Waals surface area (Å²) in [6.45, 7) is 1.06. The molecule has 0 rings (SSSR count). The van der Waals surface area contributed by atoms with Gasteiger partial charge in [-0.05, 0) is 0 Å². The Hall–Kier alpha value is -1.25. The normalized spacial score (nSPS) is 13.5. The van der Waals surface area contributed by atoms with Gasteiger partial charge >= 0.3 is 18.3 Å². The molecule has 0 aliphatic rings. The zero-order valence-electron chi connectivity index (χ0n) is 8.23. The average Bonchev–Trinajstić information content (AvgIpc) is 2.07. The minimum atomic E-state index is -5.80. The van der Waals surface area contributed by atoms with E-state index in [-0.39, 0.29) is 0 Å². The average molecular weight is 266 g/mol. The Labute approximate surface area is 91.7 Å². The third-order valence-electron chi connectivity index (χ3n) is 1.79. The van der Waals surface area contributed by atoms with E-state index in [0.717, 1.165) is 0 Å². The smallest absolute Gasteiger partial charge is 0.426 e. The number of aliphatic carboxylic acids is 1. The van der Waals surface area contributed by atoms with Crippen molar-refractivity contribution in [3.8, 4) is 0 Å². The Morgan fingerprint density at radius 2 is 1.59 bits per heavy atom. The number of hydrogen-bond acceptors (Lipinski definition) is 2. The van der Waals surface area contributed by atoms with Gasteiger partial charge in [-0.25, -0.2) is 4.79 Å². The zero-order valence-corrected chi connectivity index (χ0v) is 8.23. The number of carboxylic acid groups (broad SMARTS) is 1. The standard InChI is InChI=1S/C8H8F6O3/c1-2-3-6(7(9,10)11,8(12,13)14)17-4-5(15)16/h2H,1,3-4H2,(H,15,16). The van der Waals surface area contributed by atoms with Crippen molar-refractivity contribution in [3.63, 3.8) is 0 Å². The highest BCUT2D eigenvalue weighted by Gasteiger charge is 2.71. The van der Waals surface area contributed by atoms with Gasteiger partial charge in [0.2, 0.25) is 0 Å². The molecule has 1 N–H and O–H groups in total. The second-order valence-corrected chi connectivity index (χ2v) is 3.00. The SMILES string of the molecule is C=CCC(OCC(=O)O)(C(F)(F)F)C(F)(F)F. The minimum Gasteiger partial charge on any atom is -0.480 e. The highest BCUT2D eigenvalue weighted by Crippen LogP contribution is 2.48. The van der Waals surface area contributed by atoms with Gasteiger partial charge in [0.1, 0.15) is 6.61 Å². The van der Waals surface area contributed by atoms with E-state index in [0.29, 0.717) is 6.08 Å². The van der Waals surface area contributed by atoms with E-state index in [9.17, 15) is 31.1 Å². The second kappa shape index (κ2) is 4.94. The molecule has 0 fully saturated rings. The lowest BCUT2D eigenvalue weighted by Gasteiger charge is -2.35. The lowest BCUT2D eigenvalue weighted by atomic mass is 9.98. The topological polar surface area (TPSA) is 46.5 Å². The minimum absolute atomic E-state index is 0.364. The third kappa shape index (κ3) is 3.35. The second-order valence-electron chi connectivity index (χ2n) is 3.00. The predicted molar refractivity (Wildman–Crippen MR) is 43.2 cm³/mol. The van der Waals surface area contributed by atoms with Crippen LogP contribution in [0.25, 0.3) is 0 Å². The summed E-state index contributed by atoms with van der Waals surface area (Å²) in [5.41, 5.74) is -4.54. The van der Waals surface area contributed by atoms with Crippen LogP contribution in [0.1, 0.15) is 6.42 Å². The van der Waals surface area contributed by atoms with Gasteiger partial charge in [-0.15, -0.1) is 6.58 Å². The van der Waals surface area contributed by atoms with Gasteiger partial charge in [-0.1, -0.05) is 6.08 Å². The molecule has 0 spiro atoms. The van der Waals surface area contributed by atoms with Crippen molar-refractivity contribution < 1.29 is 41.0 Å². The number of hydrogen-bond donors (Lipinski definition) is 1. The van der Waals surface area contributed by atoms with Crippen LogP contribution in [0, 0.1) is 0 Å². The third-order valence-corrected chi connectivity index (χ3v) is 1.79. The van der Waals surface area contributed by atoms with Gasteiger partial charge in [0.15, 0.2) is 0 Å². The summed E-state index contributed by atoms with van der Waals surface area (Å²) in [5, 5.41) is 8.09. The zero-order chi connectivity index (χ0) is 13.9. The fourth-order valence-electron chi connectivity index (χ4n) is 1.00. The van der Waals surface area contributed by atoms with E-state index in [2.05, 4.69) is 11.3 Å². The molecule has 0 aliphatic carbocycles. The first-order chi connectivity index (χ1) is 7.48. The maximum atomic E-state index is 12.4. The molecule has 0 atom stereocenters. The van der Waals surface area contributed by atoms with E-state index in [1.165, 1.54) is 0 Å². The van der Waals surface area contributed by atoms with Crippen LogP contribution in [0.3, 0.4) is 0 Å². The van der Waals surface area contributed by atoms with Gasteiger partial charge in [0.05, 0.1) is 0 Å². The number of alkyl halides is 6. The number of rotatable bonds is 5. The molecule has 0 bridgehead atoms. The van der Waals surface area contributed by atoms with Crippen molar-refractivity contribution in [2.45, 2.75) is 24.4 Å². The summed E-state index contributed by atoms with van der Waals surface area (Å²) < 4.78 is 78.1. The largest absolute Gasteiger partial charge is 0.480 e. The molecule has 0 heterocycles. The van der Waals surface area contributed by atoms with Gasteiger partial charge in [0, 0.05) is 6.42 Å². The summed E-state index contributed by atoms with van der Waals surface area (Å²) in [6, 6.07) is 0. The van der Waals surface area contributed by atoms with E-state index in [1.807, 2.05) is 0 Å². The summed E-state index contributed by atoms with van der Waals surface area (Å²) in [7, 11) is 0. The van der Waals surface area contributed by atoms with Crippen molar-refractivity contribution in [3.05, 3.63) is 12.7 Å². The molecule has 0 radical (unpaired) electrons. The summed E-state index contributed by atoms with van der Waals surface area (Å²) in [6.07, 6.45) is -12.8. The molecule has 0 aromatic rings. The first-order valence-electron chi connectivity index (χ1n) is 4.08. The van der Waals surface area contributed by atoms with Gasteiger partial charge in [-0.3, -0.25) is 0 Å². The highest BCUT2D eigenvalue weighted by atomic mass is 19.4. The van der Waals surface area contributed by atoms with Gasteiger partial charge in [0.25, 0.3) is 5.60 Å². The Bertz CT molecular complexity index is 279. The molecular weight excluding hydrogens is 258 g/mol. The van der Waals surface area contributed by atoms with Crippen LogP contribution < -0.4 is 0 Å². The van der Waals surface area contributed by atoms with Crippen molar-refractivity contribution >= 4 is 5.97 Å². The molecule has 0 unspecified atom stereocenters. The van der Waals surface area contributed by atoms with E-state index in [1.54, 1.807) is 0 Å². The number of ether oxygens (including phenoxy) is 1. The first-order valence-corrected chi connectivity index (χ1v) is 4.08. The molecular formula is C8H8F6O3. The lowest BCUT2D eigenvalue weighted by Crippen LogP contribution is -2.59. The molecule has 0 saturated heterocycles. The van der Waals surface area contributed by atoms with Crippen LogP contribution in [0.5, 0.6) is 0 Å². The molecule has 3 nitrogen and oxygen atoms in total. The predicted octanol–water partition coefficient (Wildman–Crippen LogP) is 2.53. The summed E-state index contributed by atoms with van der Waals surface area (Å²) in [4.78, 5) is 10.0. The molecule has 100 valence electrons. The van der Waals surface area contributed by atoms with Crippen LogP contribution in [0.15, 0.2) is 12.7 Å². The quantitative estimate of drug-likeness (QED) is 0.614. The van der Waals surface area contributed by atoms with Crippen LogP contribution in [-0.2, 0) is 9.53 Å². The van der Waals surface area contributed by atoms with Crippen molar-refractivity contribution in [2.75, 3.05) is 6.61 Å². The number of carboxylic acids is 1. The van der Waals surface area contributed by atoms with Crippen molar-refractivity contribution in [1.82, 2.24) is 0 Å². The fraction of sp³-hybridized carbons (Fsp3) is 0.625. The molecule has 0 amide bonds. The fourth-order valence-corrected chi connectivity index (χ4v) is 1.00. The maximum Gasteiger partial charge on any atom is 0.426 e. The molecule has 9 heteroatoms. The Morgan fingerprint density at radius 1 is 1.18 bits per heavy atom. The highest BCUT2D eigenvalue weighted by molar-refractivity contribution is 5.68. The molecule has 0 aromatic carbocycles. The monoisotopic (exact) mass is 266 g/mol. The molecule has 0 aromatic heterocycles. The lowest BCUT2D eigenvalue weighted by molar-refractivity contribution is -0.378. The molecule has 0 aliphatic heterocycles. The first kappa shape index (κ1) is 15.8. The van der Waals surface area contributed by atoms with Crippen LogP contribution in [0.2, 0.25) is 0 Å². The van der Waals surface area contributed by atoms with Crippen LogP contribution in [0.4, 0.5) is 26.3 Å². The summed E-state index contributed by atoms with van der Waals surface area (Å²) >= 11 is 0. The Morgan fingerprint density at radius 3 is 1.82 bits per heavy atom. The maximum absolute atomic E-state index is 12.4. The Balaban J connectivity index is 5.41. The van der Waals surface area contributed by atoms with Crippen LogP contribution in [-0.4, -0.2) is 35.6 Å². The van der Waals surface area contributed by atoms with Gasteiger partial charge in [-0.2, -0.15) is 26.3 Å². The molecule has 0 saturated carbocycles. The van der Waals surface area contributed by atoms with Gasteiger partial charge < -0.3 is 9.84 Å². The van der Waals surface area contributed by atoms with Crippen LogP contribution >= 0.6 is 0 Å².